The van der Waals surface area contributed by atoms with Gasteiger partial charge in [0.1, 0.15) is 0 Å². The van der Waals surface area contributed by atoms with Crippen LogP contribution in [0.15, 0.2) is 0 Å². The predicted octanol–water partition coefficient (Wildman–Crippen LogP) is 2.26. The fourth-order valence-electron chi connectivity index (χ4n) is 1.70. The van der Waals surface area contributed by atoms with Crippen LogP contribution in [0.25, 0.3) is 0 Å². The molecule has 0 unspecified atom stereocenters. The van der Waals surface area contributed by atoms with Gasteiger partial charge in [0.25, 0.3) is 0 Å². The van der Waals surface area contributed by atoms with Crippen LogP contribution in [0.4, 0.5) is 0 Å². The van der Waals surface area contributed by atoms with Gasteiger partial charge in [-0.25, -0.2) is 0 Å². The maximum atomic E-state index is 11.5. The van der Waals surface area contributed by atoms with E-state index in [1.165, 1.54) is 0 Å². The monoisotopic (exact) mass is 424 g/mol. The summed E-state index contributed by atoms with van der Waals surface area (Å²) in [5.74, 6) is -0.0219. The highest BCUT2D eigenvalue weighted by molar-refractivity contribution is 5.75. The second kappa shape index (κ2) is 34.7. The highest BCUT2D eigenvalue weighted by Gasteiger charge is 2.00. The number of rotatable bonds is 20. The van der Waals surface area contributed by atoms with E-state index in [-0.39, 0.29) is 5.91 Å². The molecule has 0 saturated carbocycles. The van der Waals surface area contributed by atoms with Crippen molar-refractivity contribution in [3.05, 3.63) is 0 Å². The van der Waals surface area contributed by atoms with Crippen molar-refractivity contribution in [1.29, 1.82) is 0 Å². The predicted molar refractivity (Wildman–Crippen MR) is 119 cm³/mol. The highest BCUT2D eigenvalue weighted by Crippen LogP contribution is 1.86. The topological polar surface area (TPSA) is 87.3 Å². The van der Waals surface area contributed by atoms with Crippen molar-refractivity contribution in [3.8, 4) is 0 Å². The van der Waals surface area contributed by atoms with Gasteiger partial charge in [0.05, 0.1) is 59.5 Å². The van der Waals surface area contributed by atoms with Crippen LogP contribution in [0.2, 0.25) is 0 Å². The number of hydrogen-bond acceptors (Lipinski definition) is 7. The molecule has 0 radical (unpaired) electrons. The Morgan fingerprint density at radius 1 is 0.621 bits per heavy atom. The summed E-state index contributed by atoms with van der Waals surface area (Å²) in [7, 11) is 1.89. The Morgan fingerprint density at radius 3 is 1.52 bits per heavy atom. The quantitative estimate of drug-likeness (QED) is 0.290. The van der Waals surface area contributed by atoms with Gasteiger partial charge in [0.15, 0.2) is 0 Å². The maximum Gasteiger partial charge on any atom is 0.222 e. The summed E-state index contributed by atoms with van der Waals surface area (Å²) in [4.78, 5) is 11.5. The summed E-state index contributed by atoms with van der Waals surface area (Å²) >= 11 is 0. The molecule has 0 saturated heterocycles. The summed E-state index contributed by atoms with van der Waals surface area (Å²) in [6.45, 7) is 17.0. The van der Waals surface area contributed by atoms with E-state index in [9.17, 15) is 4.79 Å². The zero-order chi connectivity index (χ0) is 22.4. The van der Waals surface area contributed by atoms with Crippen molar-refractivity contribution >= 4 is 5.91 Å². The maximum absolute atomic E-state index is 11.5. The van der Waals surface area contributed by atoms with E-state index in [2.05, 4.69) is 17.6 Å². The van der Waals surface area contributed by atoms with E-state index in [0.29, 0.717) is 72.4 Å². The molecular formula is C21H48N2O6. The van der Waals surface area contributed by atoms with Gasteiger partial charge < -0.3 is 34.3 Å². The molecule has 0 aliphatic carbocycles. The molecule has 0 rings (SSSR count). The number of ether oxygens (including phenoxy) is 5. The Hall–Kier alpha value is -0.770. The molecule has 0 aliphatic heterocycles. The molecule has 0 spiro atoms. The molecule has 2 N–H and O–H groups in total. The highest BCUT2D eigenvalue weighted by atomic mass is 16.6. The van der Waals surface area contributed by atoms with E-state index in [0.717, 1.165) is 19.6 Å². The molecule has 178 valence electrons. The second-order valence-electron chi connectivity index (χ2n) is 5.27. The van der Waals surface area contributed by atoms with Crippen LogP contribution >= 0.6 is 0 Å². The first-order valence-corrected chi connectivity index (χ1v) is 11.1. The molecule has 8 nitrogen and oxygen atoms in total. The fourth-order valence-corrected chi connectivity index (χ4v) is 1.70. The second-order valence-corrected chi connectivity index (χ2v) is 5.27. The average Bonchev–Trinajstić information content (AvgIpc) is 2.76. The van der Waals surface area contributed by atoms with Crippen molar-refractivity contribution in [2.24, 2.45) is 0 Å². The molecule has 0 aromatic heterocycles. The minimum atomic E-state index is -0.0219. The molecular weight excluding hydrogens is 376 g/mol. The summed E-state index contributed by atoms with van der Waals surface area (Å²) < 4.78 is 26.7. The number of likely N-dealkylation sites (N-methyl/N-ethyl adjacent to an activating group) is 1. The summed E-state index contributed by atoms with van der Waals surface area (Å²) in [5.41, 5.74) is 0. The largest absolute Gasteiger partial charge is 0.380 e. The van der Waals surface area contributed by atoms with Gasteiger partial charge >= 0.3 is 0 Å². The Labute approximate surface area is 179 Å². The number of amides is 1. The van der Waals surface area contributed by atoms with Crippen molar-refractivity contribution in [1.82, 2.24) is 10.6 Å². The summed E-state index contributed by atoms with van der Waals surface area (Å²) in [6, 6.07) is 0. The van der Waals surface area contributed by atoms with Gasteiger partial charge in [-0.15, -0.1) is 0 Å². The lowest BCUT2D eigenvalue weighted by Crippen LogP contribution is -2.28. The lowest BCUT2D eigenvalue weighted by atomic mass is 10.4. The molecule has 1 amide bonds. The molecule has 0 heterocycles. The minimum absolute atomic E-state index is 0.0219. The molecule has 8 heteroatoms. The van der Waals surface area contributed by atoms with Gasteiger partial charge in [-0.1, -0.05) is 34.6 Å². The van der Waals surface area contributed by atoms with Crippen LogP contribution in [0.1, 0.15) is 47.5 Å². The Morgan fingerprint density at radius 2 is 1.03 bits per heavy atom. The Balaban J connectivity index is -0.00000158. The van der Waals surface area contributed by atoms with Crippen LogP contribution in [0.3, 0.4) is 0 Å². The van der Waals surface area contributed by atoms with Crippen molar-refractivity contribution < 1.29 is 28.5 Å². The van der Waals surface area contributed by atoms with Gasteiger partial charge in [-0.3, -0.25) is 4.79 Å². The number of carbonyl (C=O) groups is 1. The van der Waals surface area contributed by atoms with E-state index < -0.39 is 0 Å². The SMILES string of the molecule is CC.CC.CCCOCCNC(=O)CCOCCOCCOCCOCCNC. The third-order valence-corrected chi connectivity index (χ3v) is 3.00. The van der Waals surface area contributed by atoms with Crippen LogP contribution in [0.5, 0.6) is 0 Å². The average molecular weight is 425 g/mol. The van der Waals surface area contributed by atoms with Gasteiger partial charge in [0, 0.05) is 26.1 Å². The summed E-state index contributed by atoms with van der Waals surface area (Å²) in [6.07, 6.45) is 1.34. The van der Waals surface area contributed by atoms with Crippen molar-refractivity contribution in [2.45, 2.75) is 47.5 Å². The first kappa shape index (κ1) is 32.9. The molecule has 0 aromatic rings. The van der Waals surface area contributed by atoms with Gasteiger partial charge in [-0.05, 0) is 13.5 Å². The first-order valence-electron chi connectivity index (χ1n) is 11.1. The van der Waals surface area contributed by atoms with E-state index >= 15 is 0 Å². The van der Waals surface area contributed by atoms with Crippen molar-refractivity contribution in [2.75, 3.05) is 86.2 Å². The molecule has 0 fully saturated rings. The molecule has 0 atom stereocenters. The molecule has 0 bridgehead atoms. The first-order chi connectivity index (χ1) is 14.3. The van der Waals surface area contributed by atoms with Crippen LogP contribution in [0, 0.1) is 0 Å². The zero-order valence-electron chi connectivity index (χ0n) is 19.8. The zero-order valence-corrected chi connectivity index (χ0v) is 19.8. The van der Waals surface area contributed by atoms with Gasteiger partial charge in [-0.2, -0.15) is 0 Å². The minimum Gasteiger partial charge on any atom is -0.380 e. The van der Waals surface area contributed by atoms with E-state index in [4.69, 9.17) is 23.7 Å². The summed E-state index contributed by atoms with van der Waals surface area (Å²) in [5, 5.41) is 5.79. The van der Waals surface area contributed by atoms with E-state index in [1.807, 2.05) is 34.7 Å². The van der Waals surface area contributed by atoms with E-state index in [1.54, 1.807) is 0 Å². The fraction of sp³-hybridized carbons (Fsp3) is 0.952. The molecule has 29 heavy (non-hydrogen) atoms. The Kier molecular flexibility index (Phi) is 39.4. The third kappa shape index (κ3) is 35.1. The normalized spacial score (nSPS) is 9.86. The number of nitrogens with one attached hydrogen (secondary N) is 2. The Bertz CT molecular complexity index is 284. The van der Waals surface area contributed by atoms with Gasteiger partial charge in [0.2, 0.25) is 5.91 Å². The van der Waals surface area contributed by atoms with Crippen LogP contribution in [-0.2, 0) is 28.5 Å². The number of carbonyl (C=O) groups excluding carboxylic acids is 1. The molecule has 0 aromatic carbocycles. The lowest BCUT2D eigenvalue weighted by Gasteiger charge is -2.08. The standard InChI is InChI=1S/C17H36N2O6.2C2H6/c1-3-7-21-10-6-19-17(20)4-8-22-11-13-24-15-16-25-14-12-23-9-5-18-2;2*1-2/h18H,3-16H2,1-2H3,(H,19,20);2*1-2H3. The number of hydrogen-bond donors (Lipinski definition) is 2. The molecule has 0 aliphatic rings. The smallest absolute Gasteiger partial charge is 0.222 e. The van der Waals surface area contributed by atoms with Crippen molar-refractivity contribution in [3.63, 3.8) is 0 Å². The van der Waals surface area contributed by atoms with Crippen LogP contribution in [-0.4, -0.2) is 92.1 Å². The third-order valence-electron chi connectivity index (χ3n) is 3.00. The lowest BCUT2D eigenvalue weighted by molar-refractivity contribution is -0.122. The van der Waals surface area contributed by atoms with Crippen LogP contribution < -0.4 is 10.6 Å².